The number of rotatable bonds is 4. The lowest BCUT2D eigenvalue weighted by Crippen LogP contribution is -1.96. The Morgan fingerprint density at radius 1 is 1.35 bits per heavy atom. The summed E-state index contributed by atoms with van der Waals surface area (Å²) in [5, 5.41) is 4.12. The summed E-state index contributed by atoms with van der Waals surface area (Å²) in [5.74, 6) is 0.0931. The van der Waals surface area contributed by atoms with E-state index in [4.69, 9.17) is 0 Å². The standard InChI is InChI=1S/C12H13FN2OS/c1-2-15-8-10(7-14-15)9-17(16)12-5-3-11(13)4-6-12/h3-8H,2,9H2,1H3. The highest BCUT2D eigenvalue weighted by molar-refractivity contribution is 7.84. The van der Waals surface area contributed by atoms with E-state index in [2.05, 4.69) is 5.10 Å². The van der Waals surface area contributed by atoms with Crippen molar-refractivity contribution >= 4 is 10.8 Å². The largest absolute Gasteiger partial charge is 0.273 e. The number of benzene rings is 1. The van der Waals surface area contributed by atoms with Gasteiger partial charge in [-0.1, -0.05) is 0 Å². The Kier molecular flexibility index (Phi) is 3.68. The summed E-state index contributed by atoms with van der Waals surface area (Å²) < 4.78 is 26.5. The summed E-state index contributed by atoms with van der Waals surface area (Å²) in [6.45, 7) is 2.79. The summed E-state index contributed by atoms with van der Waals surface area (Å²) >= 11 is 0. The van der Waals surface area contributed by atoms with Gasteiger partial charge in [0.05, 0.1) is 22.7 Å². The summed E-state index contributed by atoms with van der Waals surface area (Å²) in [4.78, 5) is 0.635. The van der Waals surface area contributed by atoms with Crippen LogP contribution in [-0.4, -0.2) is 14.0 Å². The first-order chi connectivity index (χ1) is 8.19. The van der Waals surface area contributed by atoms with E-state index in [1.807, 2.05) is 13.1 Å². The molecule has 0 aliphatic heterocycles. The third kappa shape index (κ3) is 3.00. The van der Waals surface area contributed by atoms with Crippen molar-refractivity contribution in [3.05, 3.63) is 48.0 Å². The van der Waals surface area contributed by atoms with Gasteiger partial charge in [0.2, 0.25) is 0 Å². The molecule has 0 saturated heterocycles. The molecular weight excluding hydrogens is 239 g/mol. The zero-order chi connectivity index (χ0) is 12.3. The molecule has 0 saturated carbocycles. The predicted octanol–water partition coefficient (Wildman–Crippen LogP) is 2.35. The fourth-order valence-corrected chi connectivity index (χ4v) is 2.53. The van der Waals surface area contributed by atoms with Crippen molar-refractivity contribution in [2.45, 2.75) is 24.1 Å². The summed E-state index contributed by atoms with van der Waals surface area (Å²) in [6, 6.07) is 5.75. The molecule has 0 fully saturated rings. The number of aryl methyl sites for hydroxylation is 1. The molecule has 1 unspecified atom stereocenters. The van der Waals surface area contributed by atoms with E-state index >= 15 is 0 Å². The van der Waals surface area contributed by atoms with Crippen LogP contribution in [-0.2, 0) is 23.1 Å². The van der Waals surface area contributed by atoms with E-state index in [1.54, 1.807) is 23.0 Å². The van der Waals surface area contributed by atoms with Crippen LogP contribution < -0.4 is 0 Å². The molecule has 1 aromatic carbocycles. The maximum atomic E-state index is 12.7. The highest BCUT2D eigenvalue weighted by Crippen LogP contribution is 2.12. The van der Waals surface area contributed by atoms with Gasteiger partial charge >= 0.3 is 0 Å². The van der Waals surface area contributed by atoms with Gasteiger partial charge in [-0.3, -0.25) is 8.89 Å². The molecule has 0 amide bonds. The first kappa shape index (κ1) is 12.0. The molecule has 2 aromatic rings. The third-order valence-corrected chi connectivity index (χ3v) is 3.78. The van der Waals surface area contributed by atoms with Gasteiger partial charge in [0.25, 0.3) is 0 Å². The van der Waals surface area contributed by atoms with Crippen LogP contribution in [0.1, 0.15) is 12.5 Å². The summed E-state index contributed by atoms with van der Waals surface area (Å²) in [7, 11) is -1.15. The second-order valence-electron chi connectivity index (χ2n) is 3.65. The monoisotopic (exact) mass is 252 g/mol. The Hall–Kier alpha value is -1.49. The Morgan fingerprint density at radius 3 is 2.65 bits per heavy atom. The van der Waals surface area contributed by atoms with Crippen LogP contribution >= 0.6 is 0 Å². The summed E-state index contributed by atoms with van der Waals surface area (Å²) in [6.07, 6.45) is 3.59. The van der Waals surface area contributed by atoms with Crippen molar-refractivity contribution in [1.82, 2.24) is 9.78 Å². The van der Waals surface area contributed by atoms with Crippen LogP contribution in [0, 0.1) is 5.82 Å². The number of aromatic nitrogens is 2. The van der Waals surface area contributed by atoms with Gasteiger partial charge in [0.1, 0.15) is 5.82 Å². The van der Waals surface area contributed by atoms with Crippen LogP contribution in [0.2, 0.25) is 0 Å². The number of nitrogens with zero attached hydrogens (tertiary/aromatic N) is 2. The van der Waals surface area contributed by atoms with Gasteiger partial charge < -0.3 is 0 Å². The molecule has 0 spiro atoms. The maximum Gasteiger partial charge on any atom is 0.123 e. The first-order valence-corrected chi connectivity index (χ1v) is 6.66. The molecule has 2 rings (SSSR count). The van der Waals surface area contributed by atoms with Gasteiger partial charge in [-0.2, -0.15) is 5.10 Å². The lowest BCUT2D eigenvalue weighted by atomic mass is 10.3. The second kappa shape index (κ2) is 5.23. The molecule has 1 atom stereocenters. The number of hydrogen-bond acceptors (Lipinski definition) is 2. The van der Waals surface area contributed by atoms with Crippen molar-refractivity contribution in [1.29, 1.82) is 0 Å². The molecule has 17 heavy (non-hydrogen) atoms. The molecule has 3 nitrogen and oxygen atoms in total. The number of hydrogen-bond donors (Lipinski definition) is 0. The zero-order valence-corrected chi connectivity index (χ0v) is 10.3. The lowest BCUT2D eigenvalue weighted by Gasteiger charge is -2.00. The lowest BCUT2D eigenvalue weighted by molar-refractivity contribution is 0.626. The first-order valence-electron chi connectivity index (χ1n) is 5.34. The van der Waals surface area contributed by atoms with Gasteiger partial charge in [0.15, 0.2) is 0 Å². The van der Waals surface area contributed by atoms with Crippen LogP contribution in [0.15, 0.2) is 41.6 Å². The molecule has 0 bridgehead atoms. The van der Waals surface area contributed by atoms with Crippen molar-refractivity contribution < 1.29 is 8.60 Å². The zero-order valence-electron chi connectivity index (χ0n) is 9.47. The van der Waals surface area contributed by atoms with E-state index in [0.29, 0.717) is 10.6 Å². The van der Waals surface area contributed by atoms with E-state index in [-0.39, 0.29) is 5.82 Å². The van der Waals surface area contributed by atoms with E-state index in [0.717, 1.165) is 12.1 Å². The van der Waals surface area contributed by atoms with E-state index in [9.17, 15) is 8.60 Å². The highest BCUT2D eigenvalue weighted by atomic mass is 32.2. The molecule has 1 heterocycles. The Balaban J connectivity index is 2.08. The highest BCUT2D eigenvalue weighted by Gasteiger charge is 2.07. The van der Waals surface area contributed by atoms with Crippen LogP contribution in [0.25, 0.3) is 0 Å². The third-order valence-electron chi connectivity index (χ3n) is 2.39. The molecule has 0 N–H and O–H groups in total. The SMILES string of the molecule is CCn1cc(CS(=O)c2ccc(F)cc2)cn1. The molecule has 0 radical (unpaired) electrons. The topological polar surface area (TPSA) is 34.9 Å². The quantitative estimate of drug-likeness (QED) is 0.837. The van der Waals surface area contributed by atoms with Crippen LogP contribution in [0.5, 0.6) is 0 Å². The molecule has 90 valence electrons. The minimum Gasteiger partial charge on any atom is -0.273 e. The fraction of sp³-hybridized carbons (Fsp3) is 0.250. The van der Waals surface area contributed by atoms with E-state index < -0.39 is 10.8 Å². The fourth-order valence-electron chi connectivity index (χ4n) is 1.47. The summed E-state index contributed by atoms with van der Waals surface area (Å²) in [5.41, 5.74) is 0.925. The average Bonchev–Trinajstić information content (AvgIpc) is 2.77. The minimum atomic E-state index is -1.15. The molecular formula is C12H13FN2OS. The van der Waals surface area contributed by atoms with E-state index in [1.165, 1.54) is 12.1 Å². The molecule has 0 aliphatic carbocycles. The average molecular weight is 252 g/mol. The molecule has 1 aromatic heterocycles. The number of halogens is 1. The smallest absolute Gasteiger partial charge is 0.123 e. The minimum absolute atomic E-state index is 0.315. The second-order valence-corrected chi connectivity index (χ2v) is 5.10. The van der Waals surface area contributed by atoms with Gasteiger partial charge in [-0.05, 0) is 31.2 Å². The van der Waals surface area contributed by atoms with Gasteiger partial charge in [-0.15, -0.1) is 0 Å². The van der Waals surface area contributed by atoms with Gasteiger partial charge in [-0.25, -0.2) is 4.39 Å². The Labute approximate surface area is 102 Å². The Morgan fingerprint density at radius 2 is 2.06 bits per heavy atom. The van der Waals surface area contributed by atoms with Crippen LogP contribution in [0.4, 0.5) is 4.39 Å². The predicted molar refractivity (Wildman–Crippen MR) is 64.4 cm³/mol. The normalized spacial score (nSPS) is 12.6. The van der Waals surface area contributed by atoms with Crippen molar-refractivity contribution in [2.24, 2.45) is 0 Å². The van der Waals surface area contributed by atoms with Crippen molar-refractivity contribution in [2.75, 3.05) is 0 Å². The molecule has 0 aliphatic rings. The Bertz CT molecular complexity index is 522. The van der Waals surface area contributed by atoms with Crippen molar-refractivity contribution in [3.8, 4) is 0 Å². The molecule has 5 heteroatoms. The maximum absolute atomic E-state index is 12.7. The van der Waals surface area contributed by atoms with Gasteiger partial charge in [0, 0.05) is 23.2 Å². The van der Waals surface area contributed by atoms with Crippen molar-refractivity contribution in [3.63, 3.8) is 0 Å². The van der Waals surface area contributed by atoms with Crippen LogP contribution in [0.3, 0.4) is 0 Å².